The van der Waals surface area contributed by atoms with Crippen LogP contribution < -0.4 is 4.90 Å². The summed E-state index contributed by atoms with van der Waals surface area (Å²) in [6.07, 6.45) is 2.45. The number of benzene rings is 1. The van der Waals surface area contributed by atoms with E-state index in [0.29, 0.717) is 0 Å². The second-order valence-electron chi connectivity index (χ2n) is 6.52. The number of rotatable bonds is 5. The Morgan fingerprint density at radius 1 is 1.00 bits per heavy atom. The molecule has 2 heterocycles. The lowest BCUT2D eigenvalue weighted by molar-refractivity contribution is 0.122. The molecule has 2 fully saturated rings. The van der Waals surface area contributed by atoms with Crippen molar-refractivity contribution >= 4 is 5.69 Å². The van der Waals surface area contributed by atoms with Crippen LogP contribution in [-0.2, 0) is 11.2 Å². The summed E-state index contributed by atoms with van der Waals surface area (Å²) >= 11 is 0. The molecule has 0 unspecified atom stereocenters. The molecule has 2 aliphatic rings. The van der Waals surface area contributed by atoms with Gasteiger partial charge in [0, 0.05) is 45.0 Å². The monoisotopic (exact) mass is 303 g/mol. The molecule has 1 aromatic carbocycles. The molecule has 3 rings (SSSR count). The molecule has 0 spiro atoms. The first kappa shape index (κ1) is 15.8. The molecule has 122 valence electrons. The Bertz CT molecular complexity index is 451. The predicted molar refractivity (Wildman–Crippen MR) is 91.7 cm³/mol. The Morgan fingerprint density at radius 2 is 1.77 bits per heavy atom. The number of likely N-dealkylation sites (N-methyl/N-ethyl adjacent to an activating group) is 1. The van der Waals surface area contributed by atoms with Crippen LogP contribution in [-0.4, -0.2) is 75.9 Å². The second-order valence-corrected chi connectivity index (χ2v) is 6.52. The number of piperazine rings is 1. The highest BCUT2D eigenvalue weighted by Gasteiger charge is 2.13. The summed E-state index contributed by atoms with van der Waals surface area (Å²) in [6.45, 7) is 9.86. The molecule has 2 aliphatic heterocycles. The third-order valence-corrected chi connectivity index (χ3v) is 4.82. The van der Waals surface area contributed by atoms with Crippen LogP contribution >= 0.6 is 0 Å². The van der Waals surface area contributed by atoms with Crippen molar-refractivity contribution in [3.63, 3.8) is 0 Å². The van der Waals surface area contributed by atoms with Crippen LogP contribution in [0.25, 0.3) is 0 Å². The van der Waals surface area contributed by atoms with E-state index < -0.39 is 0 Å². The van der Waals surface area contributed by atoms with E-state index >= 15 is 0 Å². The highest BCUT2D eigenvalue weighted by molar-refractivity contribution is 5.48. The van der Waals surface area contributed by atoms with Crippen molar-refractivity contribution in [1.82, 2.24) is 9.80 Å². The summed E-state index contributed by atoms with van der Waals surface area (Å²) in [5, 5.41) is 0. The summed E-state index contributed by atoms with van der Waals surface area (Å²) in [4.78, 5) is 7.46. The normalized spacial score (nSPS) is 21.2. The van der Waals surface area contributed by atoms with Gasteiger partial charge in [0.05, 0.1) is 13.2 Å². The highest BCUT2D eigenvalue weighted by Crippen LogP contribution is 2.18. The Morgan fingerprint density at radius 3 is 2.55 bits per heavy atom. The maximum atomic E-state index is 5.44. The van der Waals surface area contributed by atoms with Crippen LogP contribution in [0.3, 0.4) is 0 Å². The van der Waals surface area contributed by atoms with E-state index in [-0.39, 0.29) is 0 Å². The standard InChI is InChI=1S/C18H29N3O/c1-19-8-10-20(11-9-19)7-3-5-17-4-2-6-18(16-17)21-12-14-22-15-13-21/h2,4,6,16H,3,5,7-15H2,1H3. The van der Waals surface area contributed by atoms with E-state index in [1.807, 2.05) is 0 Å². The van der Waals surface area contributed by atoms with Gasteiger partial charge in [0.15, 0.2) is 0 Å². The average Bonchev–Trinajstić information content (AvgIpc) is 2.58. The maximum absolute atomic E-state index is 5.44. The van der Waals surface area contributed by atoms with Gasteiger partial charge in [0.1, 0.15) is 0 Å². The average molecular weight is 303 g/mol. The van der Waals surface area contributed by atoms with Crippen molar-refractivity contribution < 1.29 is 4.74 Å². The van der Waals surface area contributed by atoms with Gasteiger partial charge in [-0.2, -0.15) is 0 Å². The van der Waals surface area contributed by atoms with Gasteiger partial charge >= 0.3 is 0 Å². The molecule has 0 amide bonds. The molecule has 0 atom stereocenters. The Hall–Kier alpha value is -1.10. The van der Waals surface area contributed by atoms with Gasteiger partial charge in [0.25, 0.3) is 0 Å². The van der Waals surface area contributed by atoms with Crippen LogP contribution in [0.2, 0.25) is 0 Å². The fourth-order valence-corrected chi connectivity index (χ4v) is 3.31. The van der Waals surface area contributed by atoms with Crippen LogP contribution in [0.1, 0.15) is 12.0 Å². The summed E-state index contributed by atoms with van der Waals surface area (Å²) in [6, 6.07) is 9.08. The molecule has 0 aliphatic carbocycles. The number of ether oxygens (including phenoxy) is 1. The van der Waals surface area contributed by atoms with E-state index in [1.54, 1.807) is 0 Å². The molecule has 0 N–H and O–H groups in total. The van der Waals surface area contributed by atoms with Crippen molar-refractivity contribution in [3.8, 4) is 0 Å². The first-order chi connectivity index (χ1) is 10.8. The minimum atomic E-state index is 0.855. The van der Waals surface area contributed by atoms with Gasteiger partial charge in [-0.3, -0.25) is 0 Å². The fourth-order valence-electron chi connectivity index (χ4n) is 3.31. The van der Waals surface area contributed by atoms with Gasteiger partial charge in [-0.25, -0.2) is 0 Å². The summed E-state index contributed by atoms with van der Waals surface area (Å²) < 4.78 is 5.44. The number of anilines is 1. The third kappa shape index (κ3) is 4.45. The van der Waals surface area contributed by atoms with Crippen molar-refractivity contribution in [2.75, 3.05) is 71.0 Å². The van der Waals surface area contributed by atoms with E-state index in [9.17, 15) is 0 Å². The molecule has 0 saturated carbocycles. The van der Waals surface area contributed by atoms with Crippen molar-refractivity contribution in [2.45, 2.75) is 12.8 Å². The largest absolute Gasteiger partial charge is 0.378 e. The first-order valence-corrected chi connectivity index (χ1v) is 8.64. The maximum Gasteiger partial charge on any atom is 0.0642 e. The van der Waals surface area contributed by atoms with E-state index in [0.717, 1.165) is 26.3 Å². The van der Waals surface area contributed by atoms with Crippen LogP contribution in [0, 0.1) is 0 Å². The zero-order valence-corrected chi connectivity index (χ0v) is 13.8. The Labute approximate surface area is 134 Å². The van der Waals surface area contributed by atoms with Gasteiger partial charge < -0.3 is 19.4 Å². The van der Waals surface area contributed by atoms with Crippen molar-refractivity contribution in [3.05, 3.63) is 29.8 Å². The second kappa shape index (κ2) is 7.95. The lowest BCUT2D eigenvalue weighted by Crippen LogP contribution is -2.44. The lowest BCUT2D eigenvalue weighted by atomic mass is 10.1. The van der Waals surface area contributed by atoms with Crippen LogP contribution in [0.5, 0.6) is 0 Å². The van der Waals surface area contributed by atoms with E-state index in [1.165, 1.54) is 56.8 Å². The minimum absolute atomic E-state index is 0.855. The molecule has 0 bridgehead atoms. The van der Waals surface area contributed by atoms with Gasteiger partial charge in [-0.1, -0.05) is 12.1 Å². The predicted octanol–water partition coefficient (Wildman–Crippen LogP) is 1.70. The summed E-state index contributed by atoms with van der Waals surface area (Å²) in [7, 11) is 2.22. The van der Waals surface area contributed by atoms with E-state index in [4.69, 9.17) is 4.74 Å². The van der Waals surface area contributed by atoms with Crippen LogP contribution in [0.15, 0.2) is 24.3 Å². The Kier molecular flexibility index (Phi) is 5.70. The number of nitrogens with zero attached hydrogens (tertiary/aromatic N) is 3. The van der Waals surface area contributed by atoms with Crippen molar-refractivity contribution in [2.24, 2.45) is 0 Å². The van der Waals surface area contributed by atoms with Gasteiger partial charge in [0.2, 0.25) is 0 Å². The molecule has 22 heavy (non-hydrogen) atoms. The molecule has 2 saturated heterocycles. The number of hydrogen-bond donors (Lipinski definition) is 0. The number of hydrogen-bond acceptors (Lipinski definition) is 4. The topological polar surface area (TPSA) is 19.0 Å². The van der Waals surface area contributed by atoms with Crippen LogP contribution in [0.4, 0.5) is 5.69 Å². The van der Waals surface area contributed by atoms with Gasteiger partial charge in [-0.15, -0.1) is 0 Å². The zero-order chi connectivity index (χ0) is 15.2. The molecule has 0 radical (unpaired) electrons. The molecule has 4 heteroatoms. The molecule has 0 aromatic heterocycles. The highest BCUT2D eigenvalue weighted by atomic mass is 16.5. The lowest BCUT2D eigenvalue weighted by Gasteiger charge is -2.32. The minimum Gasteiger partial charge on any atom is -0.378 e. The van der Waals surface area contributed by atoms with Crippen molar-refractivity contribution in [1.29, 1.82) is 0 Å². The SMILES string of the molecule is CN1CCN(CCCc2cccc(N3CCOCC3)c2)CC1. The smallest absolute Gasteiger partial charge is 0.0642 e. The fraction of sp³-hybridized carbons (Fsp3) is 0.667. The first-order valence-electron chi connectivity index (χ1n) is 8.64. The molecular formula is C18H29N3O. The quantitative estimate of drug-likeness (QED) is 0.824. The van der Waals surface area contributed by atoms with Gasteiger partial charge in [-0.05, 0) is 44.1 Å². The summed E-state index contributed by atoms with van der Waals surface area (Å²) in [5.74, 6) is 0. The Balaban J connectivity index is 1.46. The molecular weight excluding hydrogens is 274 g/mol. The molecule has 1 aromatic rings. The zero-order valence-electron chi connectivity index (χ0n) is 13.8. The number of aryl methyl sites for hydroxylation is 1. The third-order valence-electron chi connectivity index (χ3n) is 4.82. The molecule has 4 nitrogen and oxygen atoms in total. The van der Waals surface area contributed by atoms with E-state index in [2.05, 4.69) is 46.0 Å². The number of morpholine rings is 1. The summed E-state index contributed by atoms with van der Waals surface area (Å²) in [5.41, 5.74) is 2.83.